The zero-order chi connectivity index (χ0) is 15.6. The average Bonchev–Trinajstić information content (AvgIpc) is 2.94. The van der Waals surface area contributed by atoms with Gasteiger partial charge in [-0.1, -0.05) is 66.8 Å². The number of nitrogens with two attached hydrogens (primary N) is 1. The number of hydrogen-bond donors (Lipinski definition) is 1. The predicted octanol–water partition coefficient (Wildman–Crippen LogP) is 4.81. The Morgan fingerprint density at radius 1 is 1.09 bits per heavy atom. The largest absolute Gasteiger partial charge is 0.330 e. The summed E-state index contributed by atoms with van der Waals surface area (Å²) in [5.41, 5.74) is 13.9. The third-order valence-corrected chi connectivity index (χ3v) is 4.79. The topological polar surface area (TPSA) is 26.0 Å². The van der Waals surface area contributed by atoms with Crippen molar-refractivity contribution in [3.63, 3.8) is 0 Å². The number of allylic oxidation sites excluding steroid dienone is 11. The molecule has 1 unspecified atom stereocenters. The van der Waals surface area contributed by atoms with Crippen molar-refractivity contribution in [1.82, 2.24) is 0 Å². The zero-order valence-electron chi connectivity index (χ0n) is 13.2. The second-order valence-electron chi connectivity index (χ2n) is 6.25. The van der Waals surface area contributed by atoms with Crippen molar-refractivity contribution in [2.24, 2.45) is 11.7 Å². The number of hydrogen-bond acceptors (Lipinski definition) is 1. The van der Waals surface area contributed by atoms with Crippen LogP contribution in [0, 0.1) is 5.92 Å². The van der Waals surface area contributed by atoms with E-state index in [1.165, 1.54) is 33.4 Å². The lowest BCUT2D eigenvalue weighted by atomic mass is 9.83. The third kappa shape index (κ3) is 2.58. The summed E-state index contributed by atoms with van der Waals surface area (Å²) in [6, 6.07) is 8.65. The van der Waals surface area contributed by atoms with Gasteiger partial charge in [0.2, 0.25) is 0 Å². The molecule has 4 rings (SSSR count). The molecule has 0 spiro atoms. The van der Waals surface area contributed by atoms with Gasteiger partial charge < -0.3 is 5.73 Å². The lowest BCUT2D eigenvalue weighted by Crippen LogP contribution is -2.06. The SMILES string of the molecule is NCCC1=C/C(=C\C2=C3C=CC=CC3CC=C2)c2ccccc21. The molecule has 114 valence electrons. The Kier molecular flexibility index (Phi) is 3.72. The highest BCUT2D eigenvalue weighted by Crippen LogP contribution is 2.39. The number of benzene rings is 1. The molecule has 0 fully saturated rings. The molecular formula is C22H21N. The minimum absolute atomic E-state index is 0.529. The van der Waals surface area contributed by atoms with E-state index in [9.17, 15) is 0 Å². The lowest BCUT2D eigenvalue weighted by Gasteiger charge is -2.21. The molecule has 3 aliphatic carbocycles. The Hall–Kier alpha value is -2.38. The van der Waals surface area contributed by atoms with Gasteiger partial charge in [-0.15, -0.1) is 0 Å². The van der Waals surface area contributed by atoms with E-state index in [2.05, 4.69) is 72.9 Å². The van der Waals surface area contributed by atoms with Gasteiger partial charge in [-0.25, -0.2) is 0 Å². The van der Waals surface area contributed by atoms with Crippen LogP contribution in [-0.2, 0) is 0 Å². The van der Waals surface area contributed by atoms with Gasteiger partial charge in [-0.3, -0.25) is 0 Å². The van der Waals surface area contributed by atoms with Crippen LogP contribution in [-0.4, -0.2) is 6.54 Å². The molecule has 0 bridgehead atoms. The van der Waals surface area contributed by atoms with Crippen LogP contribution in [0.15, 0.2) is 84.0 Å². The van der Waals surface area contributed by atoms with Gasteiger partial charge >= 0.3 is 0 Å². The Labute approximate surface area is 137 Å². The van der Waals surface area contributed by atoms with Gasteiger partial charge in [-0.05, 0) is 58.9 Å². The molecule has 2 N–H and O–H groups in total. The van der Waals surface area contributed by atoms with E-state index in [1.54, 1.807) is 0 Å². The van der Waals surface area contributed by atoms with E-state index >= 15 is 0 Å². The van der Waals surface area contributed by atoms with Crippen LogP contribution in [0.2, 0.25) is 0 Å². The van der Waals surface area contributed by atoms with Gasteiger partial charge in [-0.2, -0.15) is 0 Å². The predicted molar refractivity (Wildman–Crippen MR) is 98.6 cm³/mol. The lowest BCUT2D eigenvalue weighted by molar-refractivity contribution is 0.773. The summed E-state index contributed by atoms with van der Waals surface area (Å²) in [4.78, 5) is 0. The quantitative estimate of drug-likeness (QED) is 0.851. The highest BCUT2D eigenvalue weighted by atomic mass is 14.5. The Bertz CT molecular complexity index is 812. The average molecular weight is 299 g/mol. The smallest absolute Gasteiger partial charge is 0.00616 e. The molecule has 1 aromatic rings. The Morgan fingerprint density at radius 3 is 2.83 bits per heavy atom. The van der Waals surface area contributed by atoms with E-state index in [1.807, 2.05) is 0 Å². The molecule has 0 aromatic heterocycles. The van der Waals surface area contributed by atoms with Crippen LogP contribution in [0.1, 0.15) is 24.0 Å². The highest BCUT2D eigenvalue weighted by Gasteiger charge is 2.20. The van der Waals surface area contributed by atoms with E-state index < -0.39 is 0 Å². The molecule has 0 saturated heterocycles. The molecular weight excluding hydrogens is 278 g/mol. The fourth-order valence-electron chi connectivity index (χ4n) is 3.68. The molecule has 1 atom stereocenters. The van der Waals surface area contributed by atoms with Crippen LogP contribution >= 0.6 is 0 Å². The van der Waals surface area contributed by atoms with E-state index in [0.29, 0.717) is 12.5 Å². The van der Waals surface area contributed by atoms with Gasteiger partial charge in [0.25, 0.3) is 0 Å². The van der Waals surface area contributed by atoms with Crippen molar-refractivity contribution in [3.05, 3.63) is 95.1 Å². The maximum absolute atomic E-state index is 5.79. The minimum Gasteiger partial charge on any atom is -0.330 e. The standard InChI is InChI=1S/C22H21N/c23-13-12-18-15-19(22-11-4-3-10-21(18)22)14-17-8-5-7-16-6-1-2-9-20(16)17/h1-6,8-11,14-16H,7,12-13,23H2/b19-14+. The number of fused-ring (bicyclic) bond motifs is 2. The molecule has 0 heterocycles. The normalized spacial score (nSPS) is 23.3. The van der Waals surface area contributed by atoms with Crippen LogP contribution in [0.4, 0.5) is 0 Å². The van der Waals surface area contributed by atoms with Gasteiger partial charge in [0.1, 0.15) is 0 Å². The van der Waals surface area contributed by atoms with Crippen LogP contribution in [0.25, 0.3) is 11.1 Å². The first-order valence-corrected chi connectivity index (χ1v) is 8.34. The molecule has 1 heteroatoms. The summed E-state index contributed by atoms with van der Waals surface area (Å²) in [6.45, 7) is 0.691. The van der Waals surface area contributed by atoms with E-state index in [4.69, 9.17) is 5.73 Å². The molecule has 0 aliphatic heterocycles. The van der Waals surface area contributed by atoms with Crippen LogP contribution < -0.4 is 5.73 Å². The van der Waals surface area contributed by atoms with Gasteiger partial charge in [0.15, 0.2) is 0 Å². The fraction of sp³-hybridized carbons (Fsp3) is 0.182. The van der Waals surface area contributed by atoms with Crippen molar-refractivity contribution in [2.75, 3.05) is 6.54 Å². The van der Waals surface area contributed by atoms with Crippen LogP contribution in [0.3, 0.4) is 0 Å². The van der Waals surface area contributed by atoms with E-state index in [0.717, 1.165) is 12.8 Å². The third-order valence-electron chi connectivity index (χ3n) is 4.79. The molecule has 1 nitrogen and oxygen atoms in total. The minimum atomic E-state index is 0.529. The second kappa shape index (κ2) is 6.02. The van der Waals surface area contributed by atoms with Crippen molar-refractivity contribution >= 4 is 11.1 Å². The molecule has 0 saturated carbocycles. The fourth-order valence-corrected chi connectivity index (χ4v) is 3.68. The van der Waals surface area contributed by atoms with Crippen molar-refractivity contribution < 1.29 is 0 Å². The Morgan fingerprint density at radius 2 is 1.96 bits per heavy atom. The summed E-state index contributed by atoms with van der Waals surface area (Å²) in [6.07, 6.45) is 20.1. The summed E-state index contributed by atoms with van der Waals surface area (Å²) in [7, 11) is 0. The first kappa shape index (κ1) is 14.2. The van der Waals surface area contributed by atoms with Gasteiger partial charge in [0, 0.05) is 5.92 Å². The molecule has 23 heavy (non-hydrogen) atoms. The van der Waals surface area contributed by atoms with Crippen molar-refractivity contribution in [2.45, 2.75) is 12.8 Å². The zero-order valence-corrected chi connectivity index (χ0v) is 13.2. The first-order valence-electron chi connectivity index (χ1n) is 8.34. The maximum atomic E-state index is 5.79. The monoisotopic (exact) mass is 299 g/mol. The van der Waals surface area contributed by atoms with Gasteiger partial charge in [0.05, 0.1) is 0 Å². The summed E-state index contributed by atoms with van der Waals surface area (Å²) >= 11 is 0. The maximum Gasteiger partial charge on any atom is 0.00616 e. The second-order valence-corrected chi connectivity index (χ2v) is 6.25. The molecule has 0 radical (unpaired) electrons. The Balaban J connectivity index is 1.80. The molecule has 0 amide bonds. The summed E-state index contributed by atoms with van der Waals surface area (Å²) in [5, 5.41) is 0. The summed E-state index contributed by atoms with van der Waals surface area (Å²) < 4.78 is 0. The van der Waals surface area contributed by atoms with E-state index in [-0.39, 0.29) is 0 Å². The van der Waals surface area contributed by atoms with Crippen LogP contribution in [0.5, 0.6) is 0 Å². The summed E-state index contributed by atoms with van der Waals surface area (Å²) in [5.74, 6) is 0.529. The number of rotatable bonds is 3. The molecule has 3 aliphatic rings. The molecule has 1 aromatic carbocycles. The van der Waals surface area contributed by atoms with Crippen molar-refractivity contribution in [1.29, 1.82) is 0 Å². The first-order chi connectivity index (χ1) is 11.4. The van der Waals surface area contributed by atoms with Crippen molar-refractivity contribution in [3.8, 4) is 0 Å². The highest BCUT2D eigenvalue weighted by molar-refractivity contribution is 5.96.